The monoisotopic (exact) mass is 559 g/mol. The summed E-state index contributed by atoms with van der Waals surface area (Å²) >= 11 is 12.5. The Hall–Kier alpha value is -2.13. The summed E-state index contributed by atoms with van der Waals surface area (Å²) in [5, 5.41) is 2.80. The molecule has 0 bridgehead atoms. The second kappa shape index (κ2) is 11.3. The molecule has 5 rings (SSSR count). The molecule has 1 aliphatic heterocycles. The summed E-state index contributed by atoms with van der Waals surface area (Å²) < 4.78 is 37.0. The largest absolute Gasteiger partial charge is 0.379 e. The van der Waals surface area contributed by atoms with Crippen molar-refractivity contribution in [2.75, 3.05) is 39.4 Å². The lowest BCUT2D eigenvalue weighted by molar-refractivity contribution is 0.0368. The number of hydrogen-bond acceptors (Lipinski definition) is 4. The molecule has 0 atom stereocenters. The van der Waals surface area contributed by atoms with E-state index in [-0.39, 0.29) is 16.5 Å². The van der Waals surface area contributed by atoms with Crippen molar-refractivity contribution in [1.29, 1.82) is 0 Å². The zero-order chi connectivity index (χ0) is 26.0. The number of aromatic nitrogens is 1. The molecule has 0 aliphatic carbocycles. The fourth-order valence-corrected chi connectivity index (χ4v) is 7.34. The summed E-state index contributed by atoms with van der Waals surface area (Å²) in [6.07, 6.45) is 0.703. The van der Waals surface area contributed by atoms with Crippen molar-refractivity contribution in [3.05, 3.63) is 76.3 Å². The predicted octanol–water partition coefficient (Wildman–Crippen LogP) is 6.03. The summed E-state index contributed by atoms with van der Waals surface area (Å²) in [6, 6.07) is 19.1. The Bertz CT molecular complexity index is 1510. The van der Waals surface area contributed by atoms with Crippen molar-refractivity contribution in [2.45, 2.75) is 31.3 Å². The maximum atomic E-state index is 13.9. The van der Waals surface area contributed by atoms with E-state index in [1.807, 2.05) is 18.2 Å². The van der Waals surface area contributed by atoms with Crippen molar-refractivity contribution in [1.82, 2.24) is 13.8 Å². The molecule has 0 N–H and O–H groups in total. The maximum absolute atomic E-state index is 13.9. The number of fused-ring (bicyclic) bond motifs is 3. The molecule has 4 aromatic rings. The van der Waals surface area contributed by atoms with Crippen molar-refractivity contribution >= 4 is 55.0 Å². The van der Waals surface area contributed by atoms with Gasteiger partial charge in [-0.3, -0.25) is 4.90 Å². The average molecular weight is 561 g/mol. The van der Waals surface area contributed by atoms with Crippen LogP contribution < -0.4 is 0 Å². The number of benzene rings is 3. The van der Waals surface area contributed by atoms with Crippen molar-refractivity contribution in [2.24, 2.45) is 0 Å². The van der Waals surface area contributed by atoms with Gasteiger partial charge in [0, 0.05) is 59.6 Å². The van der Waals surface area contributed by atoms with E-state index >= 15 is 0 Å². The van der Waals surface area contributed by atoms with Crippen LogP contribution in [0.25, 0.3) is 21.8 Å². The molecule has 1 fully saturated rings. The molecular weight excluding hydrogens is 529 g/mol. The molecule has 9 heteroatoms. The molecule has 0 unspecified atom stereocenters. The first kappa shape index (κ1) is 26.5. The molecule has 37 heavy (non-hydrogen) atoms. The van der Waals surface area contributed by atoms with Gasteiger partial charge in [-0.1, -0.05) is 47.5 Å². The van der Waals surface area contributed by atoms with Crippen LogP contribution in [0.15, 0.2) is 65.6 Å². The van der Waals surface area contributed by atoms with Crippen LogP contribution in [0, 0.1) is 0 Å². The number of ether oxygens (including phenoxy) is 1. The summed E-state index contributed by atoms with van der Waals surface area (Å²) in [7, 11) is -3.88. The molecule has 196 valence electrons. The smallest absolute Gasteiger partial charge is 0.244 e. The number of aryl methyl sites for hydroxylation is 1. The molecule has 0 radical (unpaired) electrons. The van der Waals surface area contributed by atoms with Crippen LogP contribution in [-0.2, 0) is 27.8 Å². The number of morpholine rings is 1. The molecule has 1 aliphatic rings. The van der Waals surface area contributed by atoms with Crippen molar-refractivity contribution < 1.29 is 13.2 Å². The third kappa shape index (κ3) is 5.53. The van der Waals surface area contributed by atoms with E-state index in [9.17, 15) is 8.42 Å². The van der Waals surface area contributed by atoms with Gasteiger partial charge in [-0.2, -0.15) is 4.31 Å². The van der Waals surface area contributed by atoms with E-state index in [0.717, 1.165) is 42.6 Å². The molecular formula is C28H31Cl2N3O3S. The van der Waals surface area contributed by atoms with E-state index in [1.54, 1.807) is 6.07 Å². The lowest BCUT2D eigenvalue weighted by Gasteiger charge is -2.28. The molecule has 3 aromatic carbocycles. The molecule has 0 amide bonds. The fourth-order valence-electron chi connectivity index (χ4n) is 5.14. The lowest BCUT2D eigenvalue weighted by atomic mass is 10.1. The Morgan fingerprint density at radius 3 is 2.49 bits per heavy atom. The normalized spacial score (nSPS) is 15.2. The fraction of sp³-hybridized carbons (Fsp3) is 0.357. The lowest BCUT2D eigenvalue weighted by Crippen LogP contribution is -2.39. The maximum Gasteiger partial charge on any atom is 0.244 e. The summed E-state index contributed by atoms with van der Waals surface area (Å²) in [4.78, 5) is 2.35. The van der Waals surface area contributed by atoms with Gasteiger partial charge in [-0.15, -0.1) is 0 Å². The first-order valence-corrected chi connectivity index (χ1v) is 14.8. The SMILES string of the molecule is CCn1c2ccccc2c2cc(CN(CCCN3CCOCC3)S(=O)(=O)c3cc(Cl)ccc3Cl)ccc21. The van der Waals surface area contributed by atoms with Gasteiger partial charge in [0.05, 0.1) is 18.2 Å². The topological polar surface area (TPSA) is 54.8 Å². The van der Waals surface area contributed by atoms with Gasteiger partial charge in [0.2, 0.25) is 10.0 Å². The number of hydrogen-bond donors (Lipinski definition) is 0. The highest BCUT2D eigenvalue weighted by Crippen LogP contribution is 2.32. The van der Waals surface area contributed by atoms with Crippen LogP contribution in [0.2, 0.25) is 10.0 Å². The molecule has 1 saturated heterocycles. The highest BCUT2D eigenvalue weighted by atomic mass is 35.5. The van der Waals surface area contributed by atoms with E-state index in [0.29, 0.717) is 31.2 Å². The second-order valence-corrected chi connectivity index (χ2v) is 12.1. The second-order valence-electron chi connectivity index (χ2n) is 9.33. The zero-order valence-corrected chi connectivity index (χ0v) is 23.2. The summed E-state index contributed by atoms with van der Waals surface area (Å²) in [5.74, 6) is 0. The minimum Gasteiger partial charge on any atom is -0.379 e. The van der Waals surface area contributed by atoms with Gasteiger partial charge in [0.15, 0.2) is 0 Å². The van der Waals surface area contributed by atoms with E-state index < -0.39 is 10.0 Å². The number of para-hydroxylation sites is 1. The molecule has 0 spiro atoms. The third-order valence-electron chi connectivity index (χ3n) is 7.01. The summed E-state index contributed by atoms with van der Waals surface area (Å²) in [6.45, 7) is 7.58. The van der Waals surface area contributed by atoms with E-state index in [2.05, 4.69) is 40.7 Å². The van der Waals surface area contributed by atoms with Crippen molar-refractivity contribution in [3.8, 4) is 0 Å². The van der Waals surface area contributed by atoms with E-state index in [4.69, 9.17) is 27.9 Å². The minimum absolute atomic E-state index is 0.0386. The third-order valence-corrected chi connectivity index (χ3v) is 9.57. The number of rotatable bonds is 9. The Morgan fingerprint density at radius 1 is 0.946 bits per heavy atom. The molecule has 6 nitrogen and oxygen atoms in total. The van der Waals surface area contributed by atoms with Gasteiger partial charge < -0.3 is 9.30 Å². The Balaban J connectivity index is 1.48. The van der Waals surface area contributed by atoms with Crippen LogP contribution >= 0.6 is 23.2 Å². The first-order chi connectivity index (χ1) is 17.9. The predicted molar refractivity (Wildman–Crippen MR) is 151 cm³/mol. The number of sulfonamides is 1. The van der Waals surface area contributed by atoms with Gasteiger partial charge in [-0.25, -0.2) is 8.42 Å². The van der Waals surface area contributed by atoms with Crippen LogP contribution in [0.1, 0.15) is 18.9 Å². The van der Waals surface area contributed by atoms with Gasteiger partial charge in [0.1, 0.15) is 4.90 Å². The molecule has 1 aromatic heterocycles. The highest BCUT2D eigenvalue weighted by Gasteiger charge is 2.28. The number of nitrogens with zero attached hydrogens (tertiary/aromatic N) is 3. The standard InChI is InChI=1S/C28H31Cl2N3O3S/c1-2-33-26-7-4-3-6-23(26)24-18-21(8-11-27(24)33)20-32(13-5-12-31-14-16-36-17-15-31)37(34,35)28-19-22(29)9-10-25(28)30/h3-4,6-11,18-19H,2,5,12-17,20H2,1H3. The van der Waals surface area contributed by atoms with E-state index in [1.165, 1.54) is 27.3 Å². The first-order valence-electron chi connectivity index (χ1n) is 12.6. The Morgan fingerprint density at radius 2 is 1.70 bits per heavy atom. The zero-order valence-electron chi connectivity index (χ0n) is 20.9. The number of halogens is 2. The van der Waals surface area contributed by atoms with Crippen LogP contribution in [0.5, 0.6) is 0 Å². The summed E-state index contributed by atoms with van der Waals surface area (Å²) in [5.41, 5.74) is 3.25. The van der Waals surface area contributed by atoms with Gasteiger partial charge >= 0.3 is 0 Å². The Kier molecular flexibility index (Phi) is 8.10. The van der Waals surface area contributed by atoms with Crippen molar-refractivity contribution in [3.63, 3.8) is 0 Å². The average Bonchev–Trinajstić information content (AvgIpc) is 3.23. The minimum atomic E-state index is -3.88. The van der Waals surface area contributed by atoms with Gasteiger partial charge in [0.25, 0.3) is 0 Å². The quantitative estimate of drug-likeness (QED) is 0.251. The molecule has 2 heterocycles. The molecule has 0 saturated carbocycles. The Labute approximate surface area is 228 Å². The van der Waals surface area contributed by atoms with Crippen LogP contribution in [0.4, 0.5) is 0 Å². The van der Waals surface area contributed by atoms with Crippen LogP contribution in [0.3, 0.4) is 0 Å². The highest BCUT2D eigenvalue weighted by molar-refractivity contribution is 7.89. The van der Waals surface area contributed by atoms with Crippen LogP contribution in [-0.4, -0.2) is 61.6 Å². The van der Waals surface area contributed by atoms with Gasteiger partial charge in [-0.05, 0) is 61.9 Å².